The molecule has 126 valence electrons. The molecule has 2 unspecified atom stereocenters. The van der Waals surface area contributed by atoms with E-state index in [1.807, 2.05) is 6.07 Å². The molecule has 0 radical (unpaired) electrons. The van der Waals surface area contributed by atoms with Crippen LogP contribution in [0.3, 0.4) is 0 Å². The van der Waals surface area contributed by atoms with Crippen molar-refractivity contribution in [1.82, 2.24) is 10.3 Å². The summed E-state index contributed by atoms with van der Waals surface area (Å²) in [5.41, 5.74) is 1.54. The van der Waals surface area contributed by atoms with Crippen molar-refractivity contribution >= 4 is 27.3 Å². The quantitative estimate of drug-likeness (QED) is 0.910. The summed E-state index contributed by atoms with van der Waals surface area (Å²) in [5.74, 6) is 0.0812. The Bertz CT molecular complexity index is 866. The van der Waals surface area contributed by atoms with E-state index in [2.05, 4.69) is 10.3 Å². The summed E-state index contributed by atoms with van der Waals surface area (Å²) in [6.45, 7) is 1.39. The predicted octanol–water partition coefficient (Wildman–Crippen LogP) is 2.78. The van der Waals surface area contributed by atoms with Gasteiger partial charge in [0.15, 0.2) is 0 Å². The van der Waals surface area contributed by atoms with Crippen LogP contribution >= 0.6 is 11.6 Å². The van der Waals surface area contributed by atoms with Crippen molar-refractivity contribution in [2.75, 3.05) is 17.4 Å². The van der Waals surface area contributed by atoms with Gasteiger partial charge in [0.2, 0.25) is 0 Å². The largest absolute Gasteiger partial charge is 0.313 e. The van der Waals surface area contributed by atoms with Crippen molar-refractivity contribution in [1.29, 1.82) is 0 Å². The monoisotopic (exact) mass is 363 g/mol. The summed E-state index contributed by atoms with van der Waals surface area (Å²) >= 11 is 5.98. The van der Waals surface area contributed by atoms with Crippen LogP contribution in [0.4, 0.5) is 5.69 Å². The molecule has 0 bridgehead atoms. The molecular weight excluding hydrogens is 346 g/mol. The molecule has 0 spiro atoms. The molecule has 1 fully saturated rings. The fourth-order valence-electron chi connectivity index (χ4n) is 3.62. The Morgan fingerprint density at radius 3 is 2.88 bits per heavy atom. The first-order valence-electron chi connectivity index (χ1n) is 8.04. The number of fused-ring (bicyclic) bond motifs is 1. The Hall–Kier alpha value is -1.63. The first-order chi connectivity index (χ1) is 11.6. The molecule has 1 N–H and O–H groups in total. The van der Waals surface area contributed by atoms with E-state index in [0.29, 0.717) is 17.3 Å². The van der Waals surface area contributed by atoms with E-state index in [1.54, 1.807) is 30.5 Å². The highest BCUT2D eigenvalue weighted by atomic mass is 35.5. The minimum absolute atomic E-state index is 0.0812. The van der Waals surface area contributed by atoms with Crippen molar-refractivity contribution in [2.45, 2.75) is 29.7 Å². The molecule has 2 atom stereocenters. The van der Waals surface area contributed by atoms with E-state index >= 15 is 0 Å². The van der Waals surface area contributed by atoms with E-state index in [-0.39, 0.29) is 16.9 Å². The standard InChI is InChI=1S/C17H18ClN3O2S/c18-12-4-1-5-13(10-12)24(22,23)21-11-14(15-6-2-8-19-15)17-16(21)7-3-9-20-17/h1,3-5,7,9-10,14-15,19H,2,6,8,11H2. The number of pyridine rings is 1. The normalized spacial score (nSPS) is 23.5. The summed E-state index contributed by atoms with van der Waals surface area (Å²) in [7, 11) is -3.66. The molecule has 5 nitrogen and oxygen atoms in total. The molecule has 0 aliphatic carbocycles. The van der Waals surface area contributed by atoms with Crippen molar-refractivity contribution in [2.24, 2.45) is 0 Å². The van der Waals surface area contributed by atoms with E-state index in [0.717, 1.165) is 25.1 Å². The smallest absolute Gasteiger partial charge is 0.264 e. The Morgan fingerprint density at radius 1 is 1.25 bits per heavy atom. The van der Waals surface area contributed by atoms with E-state index in [9.17, 15) is 8.42 Å². The van der Waals surface area contributed by atoms with Crippen LogP contribution in [0.1, 0.15) is 24.5 Å². The third-order valence-corrected chi connectivity index (χ3v) is 6.78. The average Bonchev–Trinajstić information content (AvgIpc) is 3.22. The van der Waals surface area contributed by atoms with Crippen LogP contribution in [0.15, 0.2) is 47.5 Å². The minimum atomic E-state index is -3.66. The Kier molecular flexibility index (Phi) is 3.98. The highest BCUT2D eigenvalue weighted by Gasteiger charge is 2.41. The van der Waals surface area contributed by atoms with Gasteiger partial charge < -0.3 is 5.32 Å². The highest BCUT2D eigenvalue weighted by Crippen LogP contribution is 2.41. The third kappa shape index (κ3) is 2.59. The number of hydrogen-bond donors (Lipinski definition) is 1. The molecule has 2 aliphatic heterocycles. The van der Waals surface area contributed by atoms with Gasteiger partial charge in [0, 0.05) is 29.7 Å². The van der Waals surface area contributed by atoms with Crippen molar-refractivity contribution in [3.63, 3.8) is 0 Å². The Morgan fingerprint density at radius 2 is 2.12 bits per heavy atom. The number of halogens is 1. The zero-order valence-electron chi connectivity index (χ0n) is 13.0. The van der Waals surface area contributed by atoms with Gasteiger partial charge in [0.1, 0.15) is 0 Å². The van der Waals surface area contributed by atoms with Gasteiger partial charge in [-0.05, 0) is 49.7 Å². The average molecular weight is 364 g/mol. The molecule has 1 saturated heterocycles. The molecule has 4 rings (SSSR count). The molecule has 2 aliphatic rings. The summed E-state index contributed by atoms with van der Waals surface area (Å²) in [6, 6.07) is 10.3. The highest BCUT2D eigenvalue weighted by molar-refractivity contribution is 7.92. The lowest BCUT2D eigenvalue weighted by atomic mass is 9.96. The van der Waals surface area contributed by atoms with Gasteiger partial charge in [-0.25, -0.2) is 8.42 Å². The number of rotatable bonds is 3. The number of anilines is 1. The zero-order chi connectivity index (χ0) is 16.7. The maximum Gasteiger partial charge on any atom is 0.264 e. The molecule has 1 aromatic heterocycles. The molecular formula is C17H18ClN3O2S. The second-order valence-electron chi connectivity index (χ2n) is 6.21. The molecule has 24 heavy (non-hydrogen) atoms. The summed E-state index contributed by atoms with van der Waals surface area (Å²) in [4.78, 5) is 4.70. The van der Waals surface area contributed by atoms with Crippen LogP contribution in [0.2, 0.25) is 5.02 Å². The fraction of sp³-hybridized carbons (Fsp3) is 0.353. The van der Waals surface area contributed by atoms with Crippen molar-refractivity contribution in [3.8, 4) is 0 Å². The first kappa shape index (κ1) is 15.9. The Labute approximate surface area is 146 Å². The van der Waals surface area contributed by atoms with Crippen LogP contribution in [0.5, 0.6) is 0 Å². The van der Waals surface area contributed by atoms with Crippen LogP contribution in [0.25, 0.3) is 0 Å². The van der Waals surface area contributed by atoms with E-state index in [1.165, 1.54) is 10.4 Å². The minimum Gasteiger partial charge on any atom is -0.313 e. The van der Waals surface area contributed by atoms with Gasteiger partial charge in [-0.2, -0.15) is 0 Å². The number of sulfonamides is 1. The SMILES string of the molecule is O=S(=O)(c1cccc(Cl)c1)N1CC(C2CCCN2)c2ncccc21. The third-order valence-electron chi connectivity index (χ3n) is 4.77. The molecule has 0 saturated carbocycles. The van der Waals surface area contributed by atoms with Crippen LogP contribution in [-0.2, 0) is 10.0 Å². The lowest BCUT2D eigenvalue weighted by Crippen LogP contribution is -2.35. The summed E-state index contributed by atoms with van der Waals surface area (Å²) in [6.07, 6.45) is 3.90. The van der Waals surface area contributed by atoms with Crippen molar-refractivity contribution in [3.05, 3.63) is 53.3 Å². The molecule has 3 heterocycles. The molecule has 7 heteroatoms. The molecule has 0 amide bonds. The number of benzene rings is 1. The maximum absolute atomic E-state index is 13.1. The predicted molar refractivity (Wildman–Crippen MR) is 94.0 cm³/mol. The van der Waals surface area contributed by atoms with E-state index < -0.39 is 10.0 Å². The summed E-state index contributed by atoms with van der Waals surface area (Å²) in [5, 5.41) is 3.89. The zero-order valence-corrected chi connectivity index (χ0v) is 14.6. The summed E-state index contributed by atoms with van der Waals surface area (Å²) < 4.78 is 27.7. The van der Waals surface area contributed by atoms with Crippen LogP contribution in [-0.4, -0.2) is 32.5 Å². The van der Waals surface area contributed by atoms with Crippen LogP contribution < -0.4 is 9.62 Å². The topological polar surface area (TPSA) is 62.3 Å². The van der Waals surface area contributed by atoms with Gasteiger partial charge in [0.05, 0.1) is 16.3 Å². The first-order valence-corrected chi connectivity index (χ1v) is 9.86. The second-order valence-corrected chi connectivity index (χ2v) is 8.51. The van der Waals surface area contributed by atoms with Gasteiger partial charge in [-0.3, -0.25) is 9.29 Å². The van der Waals surface area contributed by atoms with Crippen LogP contribution in [0, 0.1) is 0 Å². The maximum atomic E-state index is 13.1. The van der Waals surface area contributed by atoms with E-state index in [4.69, 9.17) is 11.6 Å². The molecule has 2 aromatic rings. The lowest BCUT2D eigenvalue weighted by Gasteiger charge is -2.22. The van der Waals surface area contributed by atoms with Gasteiger partial charge >= 0.3 is 0 Å². The number of nitrogens with zero attached hydrogens (tertiary/aromatic N) is 2. The molecule has 1 aromatic carbocycles. The second kappa shape index (κ2) is 6.02. The lowest BCUT2D eigenvalue weighted by molar-refractivity contribution is 0.501. The number of nitrogens with one attached hydrogen (secondary N) is 1. The van der Waals surface area contributed by atoms with Crippen molar-refractivity contribution < 1.29 is 8.42 Å². The number of hydrogen-bond acceptors (Lipinski definition) is 4. The Balaban J connectivity index is 1.76. The van der Waals surface area contributed by atoms with Gasteiger partial charge in [-0.1, -0.05) is 17.7 Å². The number of aromatic nitrogens is 1. The van der Waals surface area contributed by atoms with Gasteiger partial charge in [0.25, 0.3) is 10.0 Å². The van der Waals surface area contributed by atoms with Gasteiger partial charge in [-0.15, -0.1) is 0 Å². The fourth-order valence-corrected chi connectivity index (χ4v) is 5.43.